The molecule has 0 atom stereocenters. The average Bonchev–Trinajstić information content (AvgIpc) is 2.72. The number of hydrogen-bond acceptors (Lipinski definition) is 5. The van der Waals surface area contributed by atoms with Gasteiger partial charge in [0.25, 0.3) is 0 Å². The molecule has 1 N–H and O–H groups in total. The minimum absolute atomic E-state index is 0.219. The number of ether oxygens (including phenoxy) is 1. The summed E-state index contributed by atoms with van der Waals surface area (Å²) >= 11 is 0. The van der Waals surface area contributed by atoms with Crippen molar-refractivity contribution in [2.24, 2.45) is 0 Å². The lowest BCUT2D eigenvalue weighted by Crippen LogP contribution is -2.48. The molecule has 2 rings (SSSR count). The normalized spacial score (nSPS) is 22.7. The number of carbonyl (C=O) groups is 1. The van der Waals surface area contributed by atoms with Crippen LogP contribution in [0.4, 0.5) is 0 Å². The van der Waals surface area contributed by atoms with Gasteiger partial charge in [0.1, 0.15) is 6.61 Å². The number of morpholine rings is 1. The van der Waals surface area contributed by atoms with Crippen molar-refractivity contribution in [1.82, 2.24) is 10.4 Å². The van der Waals surface area contributed by atoms with Crippen LogP contribution in [0.3, 0.4) is 0 Å². The molecule has 0 radical (unpaired) electrons. The molecule has 78 valence electrons. The van der Waals surface area contributed by atoms with Crippen molar-refractivity contribution < 1.29 is 19.3 Å². The quantitative estimate of drug-likeness (QED) is 0.591. The molecule has 0 unspecified atom stereocenters. The highest BCUT2D eigenvalue weighted by Crippen LogP contribution is 2.06. The first-order valence-corrected chi connectivity index (χ1v) is 4.49. The molecule has 6 nitrogen and oxygen atoms in total. The molecule has 2 heterocycles. The number of nitrogens with one attached hydrogen (secondary N) is 1. The summed E-state index contributed by atoms with van der Waals surface area (Å²) in [5.74, 6) is -0.0547. The van der Waals surface area contributed by atoms with E-state index in [4.69, 9.17) is 4.74 Å². The van der Waals surface area contributed by atoms with Crippen molar-refractivity contribution in [2.75, 3.05) is 32.9 Å². The van der Waals surface area contributed by atoms with Crippen molar-refractivity contribution >= 4 is 5.91 Å². The highest BCUT2D eigenvalue weighted by Gasteiger charge is 2.20. The van der Waals surface area contributed by atoms with Gasteiger partial charge < -0.3 is 9.62 Å². The molecular formula is C8H12N2O4. The predicted octanol–water partition coefficient (Wildman–Crippen LogP) is -0.805. The smallest absolute Gasteiger partial charge is 0.304 e. The Bertz CT molecular complexity index is 248. The van der Waals surface area contributed by atoms with E-state index in [0.717, 1.165) is 0 Å². The van der Waals surface area contributed by atoms with Crippen LogP contribution in [0, 0.1) is 0 Å². The van der Waals surface area contributed by atoms with E-state index >= 15 is 0 Å². The second-order valence-electron chi connectivity index (χ2n) is 2.98. The summed E-state index contributed by atoms with van der Waals surface area (Å²) in [4.78, 5) is 20.7. The van der Waals surface area contributed by atoms with Gasteiger partial charge in [0, 0.05) is 13.1 Å². The van der Waals surface area contributed by atoms with Crippen LogP contribution in [-0.2, 0) is 19.3 Å². The zero-order valence-corrected chi connectivity index (χ0v) is 7.69. The lowest BCUT2D eigenvalue weighted by Gasteiger charge is -2.26. The standard InChI is InChI=1S/C8H12N2O4/c11-8(7-1-4-13-14-7)9-10-2-5-12-6-3-10/h1H,2-6H2,(H,9,11). The zero-order valence-electron chi connectivity index (χ0n) is 7.69. The predicted molar refractivity (Wildman–Crippen MR) is 45.7 cm³/mol. The van der Waals surface area contributed by atoms with Crippen molar-refractivity contribution in [1.29, 1.82) is 0 Å². The molecule has 0 saturated carbocycles. The first kappa shape index (κ1) is 9.45. The average molecular weight is 200 g/mol. The Hall–Kier alpha value is -1.11. The molecule has 0 bridgehead atoms. The number of hydrazine groups is 1. The van der Waals surface area contributed by atoms with Crippen LogP contribution in [0.15, 0.2) is 11.8 Å². The molecule has 1 fully saturated rings. The zero-order chi connectivity index (χ0) is 9.80. The number of hydrogen-bond donors (Lipinski definition) is 1. The molecule has 1 amide bonds. The van der Waals surface area contributed by atoms with Crippen molar-refractivity contribution in [3.8, 4) is 0 Å². The molecule has 6 heteroatoms. The lowest BCUT2D eigenvalue weighted by atomic mass is 10.4. The number of nitrogens with zero attached hydrogens (tertiary/aromatic N) is 1. The maximum absolute atomic E-state index is 11.4. The molecule has 2 aliphatic rings. The van der Waals surface area contributed by atoms with Crippen LogP contribution in [0.5, 0.6) is 0 Å². The number of rotatable bonds is 2. The van der Waals surface area contributed by atoms with Gasteiger partial charge in [-0.2, -0.15) is 4.89 Å². The SMILES string of the molecule is O=C(NN1CCOCC1)C1=CCOO1. The summed E-state index contributed by atoms with van der Waals surface area (Å²) in [6, 6.07) is 0. The van der Waals surface area contributed by atoms with E-state index in [0.29, 0.717) is 32.9 Å². The molecular weight excluding hydrogens is 188 g/mol. The largest absolute Gasteiger partial charge is 0.379 e. The first-order chi connectivity index (χ1) is 6.86. The van der Waals surface area contributed by atoms with Crippen LogP contribution in [0.25, 0.3) is 0 Å². The van der Waals surface area contributed by atoms with Gasteiger partial charge in [-0.3, -0.25) is 10.2 Å². The Kier molecular flexibility index (Phi) is 2.97. The van der Waals surface area contributed by atoms with Crippen LogP contribution in [-0.4, -0.2) is 43.8 Å². The van der Waals surface area contributed by atoms with Crippen LogP contribution >= 0.6 is 0 Å². The van der Waals surface area contributed by atoms with Crippen LogP contribution in [0.2, 0.25) is 0 Å². The molecule has 0 aromatic rings. The second kappa shape index (κ2) is 4.41. The van der Waals surface area contributed by atoms with E-state index in [-0.39, 0.29) is 11.7 Å². The molecule has 2 aliphatic heterocycles. The second-order valence-corrected chi connectivity index (χ2v) is 2.98. The van der Waals surface area contributed by atoms with E-state index in [1.807, 2.05) is 0 Å². The van der Waals surface area contributed by atoms with Crippen LogP contribution in [0.1, 0.15) is 0 Å². The molecule has 0 aromatic carbocycles. The Morgan fingerprint density at radius 2 is 2.21 bits per heavy atom. The van der Waals surface area contributed by atoms with E-state index in [9.17, 15) is 4.79 Å². The molecule has 0 spiro atoms. The minimum Gasteiger partial charge on any atom is -0.379 e. The number of carbonyl (C=O) groups excluding carboxylic acids is 1. The Balaban J connectivity index is 1.81. The van der Waals surface area contributed by atoms with Gasteiger partial charge in [-0.15, -0.1) is 0 Å². The summed E-state index contributed by atoms with van der Waals surface area (Å²) in [5.41, 5.74) is 2.70. The first-order valence-electron chi connectivity index (χ1n) is 4.49. The third-order valence-electron chi connectivity index (χ3n) is 1.98. The highest BCUT2D eigenvalue weighted by molar-refractivity contribution is 5.91. The van der Waals surface area contributed by atoms with Crippen molar-refractivity contribution in [2.45, 2.75) is 0 Å². The summed E-state index contributed by atoms with van der Waals surface area (Å²) in [7, 11) is 0. The summed E-state index contributed by atoms with van der Waals surface area (Å²) in [5, 5.41) is 1.80. The Morgan fingerprint density at radius 3 is 2.86 bits per heavy atom. The monoisotopic (exact) mass is 200 g/mol. The maximum atomic E-state index is 11.4. The third kappa shape index (κ3) is 2.22. The van der Waals surface area contributed by atoms with Gasteiger partial charge in [0.2, 0.25) is 5.76 Å². The van der Waals surface area contributed by atoms with Crippen molar-refractivity contribution in [3.05, 3.63) is 11.8 Å². The van der Waals surface area contributed by atoms with Crippen LogP contribution < -0.4 is 5.43 Å². The fourth-order valence-corrected chi connectivity index (χ4v) is 1.25. The van der Waals surface area contributed by atoms with Gasteiger partial charge in [0.05, 0.1) is 13.2 Å². The number of amides is 1. The molecule has 0 aliphatic carbocycles. The fraction of sp³-hybridized carbons (Fsp3) is 0.625. The molecule has 14 heavy (non-hydrogen) atoms. The summed E-state index contributed by atoms with van der Waals surface area (Å²) in [6.07, 6.45) is 1.59. The lowest BCUT2D eigenvalue weighted by molar-refractivity contribution is -0.234. The third-order valence-corrected chi connectivity index (χ3v) is 1.98. The maximum Gasteiger partial charge on any atom is 0.304 e. The minimum atomic E-state index is -0.274. The topological polar surface area (TPSA) is 60.0 Å². The van der Waals surface area contributed by atoms with E-state index in [1.165, 1.54) is 0 Å². The summed E-state index contributed by atoms with van der Waals surface area (Å²) in [6.45, 7) is 2.99. The van der Waals surface area contributed by atoms with E-state index in [1.54, 1.807) is 11.1 Å². The highest BCUT2D eigenvalue weighted by atomic mass is 17.2. The Morgan fingerprint density at radius 1 is 1.43 bits per heavy atom. The molecule has 1 saturated heterocycles. The molecule has 0 aromatic heterocycles. The van der Waals surface area contributed by atoms with Crippen molar-refractivity contribution in [3.63, 3.8) is 0 Å². The van der Waals surface area contributed by atoms with E-state index < -0.39 is 0 Å². The van der Waals surface area contributed by atoms with Gasteiger partial charge in [-0.25, -0.2) is 5.01 Å². The van der Waals surface area contributed by atoms with Gasteiger partial charge >= 0.3 is 5.91 Å². The Labute approximate surface area is 81.3 Å². The summed E-state index contributed by atoms with van der Waals surface area (Å²) < 4.78 is 5.14. The fourth-order valence-electron chi connectivity index (χ4n) is 1.25. The van der Waals surface area contributed by atoms with Gasteiger partial charge in [-0.1, -0.05) is 0 Å². The van der Waals surface area contributed by atoms with E-state index in [2.05, 4.69) is 15.2 Å². The van der Waals surface area contributed by atoms with Gasteiger partial charge in [0.15, 0.2) is 0 Å². The van der Waals surface area contributed by atoms with Gasteiger partial charge in [-0.05, 0) is 6.08 Å².